The number of amides is 3. The summed E-state index contributed by atoms with van der Waals surface area (Å²) in [7, 11) is 0. The van der Waals surface area contributed by atoms with Crippen molar-refractivity contribution in [2.24, 2.45) is 0 Å². The molecule has 9 nitrogen and oxygen atoms in total. The van der Waals surface area contributed by atoms with Crippen LogP contribution in [0.15, 0.2) is 102 Å². The molecular formula is C35H39AsN4O5. The number of para-hydroxylation sites is 1. The summed E-state index contributed by atoms with van der Waals surface area (Å²) in [5.41, 5.74) is 3.99. The van der Waals surface area contributed by atoms with Gasteiger partial charge in [0.1, 0.15) is 6.10 Å². The minimum atomic E-state index is -0.457. The average molecular weight is 671 g/mol. The number of carbonyl (C=O) groups is 3. The Morgan fingerprint density at radius 1 is 0.800 bits per heavy atom. The van der Waals surface area contributed by atoms with Crippen molar-refractivity contribution in [2.75, 3.05) is 35.6 Å². The van der Waals surface area contributed by atoms with Crippen LogP contribution in [0.2, 0.25) is 5.21 Å². The van der Waals surface area contributed by atoms with E-state index >= 15 is 0 Å². The van der Waals surface area contributed by atoms with Crippen LogP contribution < -0.4 is 16.0 Å². The molecule has 1 aliphatic heterocycles. The van der Waals surface area contributed by atoms with E-state index in [-0.39, 0.29) is 33.7 Å². The molecule has 10 heteroatoms. The predicted molar refractivity (Wildman–Crippen MR) is 179 cm³/mol. The zero-order chi connectivity index (χ0) is 31.3. The first-order valence-electron chi connectivity index (χ1n) is 15.3. The van der Waals surface area contributed by atoms with Gasteiger partial charge in [0.05, 0.1) is 5.69 Å². The van der Waals surface area contributed by atoms with E-state index in [4.69, 9.17) is 9.15 Å². The molecule has 45 heavy (non-hydrogen) atoms. The summed E-state index contributed by atoms with van der Waals surface area (Å²) in [4.78, 5) is 40.0. The minimum absolute atomic E-state index is 0.0245. The summed E-state index contributed by atoms with van der Waals surface area (Å²) in [5.74, 6) is 0.874. The van der Waals surface area contributed by atoms with Crippen molar-refractivity contribution >= 4 is 50.7 Å². The zero-order valence-electron chi connectivity index (χ0n) is 25.2. The second kappa shape index (κ2) is 16.7. The number of furan rings is 1. The molecule has 0 aliphatic carbocycles. The molecule has 1 atom stereocenters. The molecule has 3 N–H and O–H groups in total. The van der Waals surface area contributed by atoms with Gasteiger partial charge in [0.25, 0.3) is 0 Å². The standard InChI is InChI=1S/C35H39AsN4O5/c41-33(15-19-36-25-30-12-7-23-44-30)37-27-10-6-11-28(24-27)38-34(42)18-22-40-20-16-29(17-21-40)45-35(43)39-32-14-5-4-13-31(32)26-8-2-1-3-9-26/h1-14,23-24,29,36H,15-22,25H2,(H,37,41)(H,38,42)(H,39,43). The maximum absolute atomic E-state index is 12.7. The number of ether oxygens (including phenoxy) is 1. The Bertz CT molecular complexity index is 1540. The van der Waals surface area contributed by atoms with Crippen molar-refractivity contribution in [1.29, 1.82) is 0 Å². The van der Waals surface area contributed by atoms with Gasteiger partial charge in [-0.3, -0.25) is 5.32 Å². The van der Waals surface area contributed by atoms with Crippen LogP contribution in [-0.2, 0) is 19.5 Å². The van der Waals surface area contributed by atoms with Crippen molar-refractivity contribution in [1.82, 2.24) is 4.90 Å². The summed E-state index contributed by atoms with van der Waals surface area (Å²) in [6, 6.07) is 28.7. The van der Waals surface area contributed by atoms with Gasteiger partial charge in [0.2, 0.25) is 0 Å². The van der Waals surface area contributed by atoms with Crippen LogP contribution in [0.4, 0.5) is 21.9 Å². The second-order valence-corrected chi connectivity index (χ2v) is 13.8. The quantitative estimate of drug-likeness (QED) is 0.113. The van der Waals surface area contributed by atoms with Crippen molar-refractivity contribution in [2.45, 2.75) is 42.2 Å². The van der Waals surface area contributed by atoms with Crippen LogP contribution in [0, 0.1) is 0 Å². The number of nitrogens with zero attached hydrogens (tertiary/aromatic N) is 1. The van der Waals surface area contributed by atoms with E-state index in [1.54, 1.807) is 12.3 Å². The van der Waals surface area contributed by atoms with Crippen molar-refractivity contribution < 1.29 is 23.5 Å². The molecule has 3 amide bonds. The number of benzene rings is 3. The van der Waals surface area contributed by atoms with E-state index < -0.39 is 6.09 Å². The molecular weight excluding hydrogens is 631 g/mol. The monoisotopic (exact) mass is 670 g/mol. The number of likely N-dealkylation sites (tertiary alicyclic amines) is 1. The van der Waals surface area contributed by atoms with Gasteiger partial charge >= 0.3 is 153 Å². The summed E-state index contributed by atoms with van der Waals surface area (Å²) in [6.07, 6.45) is 3.29. The third kappa shape index (κ3) is 10.4. The molecule has 0 saturated carbocycles. The number of anilines is 3. The van der Waals surface area contributed by atoms with Gasteiger partial charge in [0, 0.05) is 18.7 Å². The fraction of sp³-hybridized carbons (Fsp3) is 0.286. The maximum atomic E-state index is 12.7. The Morgan fingerprint density at radius 3 is 2.24 bits per heavy atom. The van der Waals surface area contributed by atoms with E-state index in [9.17, 15) is 14.4 Å². The molecule has 234 valence electrons. The Hall–Kier alpha value is -4.33. The van der Waals surface area contributed by atoms with Gasteiger partial charge in [0.15, 0.2) is 0 Å². The molecule has 5 rings (SSSR count). The Balaban J connectivity index is 0.981. The average Bonchev–Trinajstić information content (AvgIpc) is 3.57. The topological polar surface area (TPSA) is 113 Å². The third-order valence-electron chi connectivity index (χ3n) is 7.55. The molecule has 0 spiro atoms. The van der Waals surface area contributed by atoms with Crippen molar-refractivity contribution in [3.63, 3.8) is 0 Å². The number of piperidine rings is 1. The molecule has 2 heterocycles. The fourth-order valence-electron chi connectivity index (χ4n) is 5.21. The van der Waals surface area contributed by atoms with Crippen LogP contribution in [0.3, 0.4) is 0 Å². The van der Waals surface area contributed by atoms with E-state index in [2.05, 4.69) is 20.9 Å². The summed E-state index contributed by atoms with van der Waals surface area (Å²) in [6.45, 7) is 2.11. The SMILES string of the molecule is O=C(CC[AsH]Cc1ccco1)Nc1cccc(NC(=O)CCN2CCC(OC(=O)Nc3ccccc3-c3ccccc3)CC2)c1. The number of hydrogen-bond acceptors (Lipinski definition) is 6. The van der Waals surface area contributed by atoms with Gasteiger partial charge in [-0.1, -0.05) is 48.5 Å². The molecule has 0 radical (unpaired) electrons. The molecule has 1 unspecified atom stereocenters. The second-order valence-electron chi connectivity index (χ2n) is 10.9. The first-order chi connectivity index (χ1) is 22.0. The van der Waals surface area contributed by atoms with Gasteiger partial charge in [-0.25, -0.2) is 4.79 Å². The van der Waals surface area contributed by atoms with E-state index in [1.165, 1.54) is 0 Å². The normalized spacial score (nSPS) is 13.9. The number of rotatable bonds is 13. The number of nitrogens with one attached hydrogen (secondary N) is 3. The van der Waals surface area contributed by atoms with Gasteiger partial charge in [-0.2, -0.15) is 0 Å². The first-order valence-corrected chi connectivity index (χ1v) is 18.3. The van der Waals surface area contributed by atoms with E-state index in [1.807, 2.05) is 84.9 Å². The molecule has 0 bridgehead atoms. The first kappa shape index (κ1) is 32.1. The van der Waals surface area contributed by atoms with Crippen molar-refractivity contribution in [3.8, 4) is 11.1 Å². The van der Waals surface area contributed by atoms with Crippen LogP contribution in [0.5, 0.6) is 0 Å². The summed E-state index contributed by atoms with van der Waals surface area (Å²) in [5, 5.41) is 10.6. The van der Waals surface area contributed by atoms with Crippen LogP contribution in [0.25, 0.3) is 11.1 Å². The molecule has 1 fully saturated rings. The Kier molecular flexibility index (Phi) is 11.9. The Morgan fingerprint density at radius 2 is 1.51 bits per heavy atom. The summed E-state index contributed by atoms with van der Waals surface area (Å²) < 4.78 is 11.1. The van der Waals surface area contributed by atoms with Gasteiger partial charge < -0.3 is 4.74 Å². The van der Waals surface area contributed by atoms with Gasteiger partial charge in [-0.15, -0.1) is 0 Å². The number of carbonyl (C=O) groups excluding carboxylic acids is 3. The molecule has 1 aromatic heterocycles. The van der Waals surface area contributed by atoms with Crippen LogP contribution in [0.1, 0.15) is 31.4 Å². The fourth-order valence-corrected chi connectivity index (χ4v) is 7.37. The Labute approximate surface area is 270 Å². The third-order valence-corrected chi connectivity index (χ3v) is 10.1. The van der Waals surface area contributed by atoms with Crippen LogP contribution >= 0.6 is 0 Å². The molecule has 3 aromatic carbocycles. The van der Waals surface area contributed by atoms with E-state index in [0.717, 1.165) is 40.4 Å². The van der Waals surface area contributed by atoms with Gasteiger partial charge in [-0.05, 0) is 24.5 Å². The molecule has 1 aliphatic rings. The predicted octanol–water partition coefficient (Wildman–Crippen LogP) is 6.37. The number of hydrogen-bond donors (Lipinski definition) is 3. The zero-order valence-corrected chi connectivity index (χ0v) is 27.3. The van der Waals surface area contributed by atoms with Crippen LogP contribution in [-0.4, -0.2) is 64.3 Å². The summed E-state index contributed by atoms with van der Waals surface area (Å²) >= 11 is -0.270. The van der Waals surface area contributed by atoms with Crippen molar-refractivity contribution in [3.05, 3.63) is 103 Å². The molecule has 4 aromatic rings. The molecule has 1 saturated heterocycles. The van der Waals surface area contributed by atoms with E-state index in [0.29, 0.717) is 49.3 Å².